The molecule has 20 heavy (non-hydrogen) atoms. The van der Waals surface area contributed by atoms with Crippen molar-refractivity contribution in [3.63, 3.8) is 0 Å². The summed E-state index contributed by atoms with van der Waals surface area (Å²) in [5, 5.41) is 5.80. The lowest BCUT2D eigenvalue weighted by molar-refractivity contribution is -0.144. The van der Waals surface area contributed by atoms with E-state index >= 15 is 0 Å². The van der Waals surface area contributed by atoms with E-state index in [0.717, 1.165) is 0 Å². The fraction of sp³-hybridized carbons (Fsp3) is 0.857. The van der Waals surface area contributed by atoms with Gasteiger partial charge in [0.15, 0.2) is 0 Å². The quantitative estimate of drug-likeness (QED) is 0.727. The molecular weight excluding hydrogens is 260 g/mol. The van der Waals surface area contributed by atoms with Gasteiger partial charge in [0.05, 0.1) is 7.11 Å². The van der Waals surface area contributed by atoms with Crippen LogP contribution in [0.15, 0.2) is 0 Å². The van der Waals surface area contributed by atoms with E-state index in [9.17, 15) is 9.59 Å². The Morgan fingerprint density at radius 3 is 2.10 bits per heavy atom. The molecular formula is C14H28N2O4. The van der Waals surface area contributed by atoms with Crippen molar-refractivity contribution in [2.24, 2.45) is 5.92 Å². The second-order valence-corrected chi connectivity index (χ2v) is 6.20. The van der Waals surface area contributed by atoms with Crippen molar-refractivity contribution in [3.8, 4) is 0 Å². The van der Waals surface area contributed by atoms with Crippen LogP contribution in [0.4, 0.5) is 4.79 Å². The fourth-order valence-electron chi connectivity index (χ4n) is 1.58. The zero-order valence-corrected chi connectivity index (χ0v) is 13.6. The molecule has 6 nitrogen and oxygen atoms in total. The van der Waals surface area contributed by atoms with Gasteiger partial charge in [-0.3, -0.25) is 10.1 Å². The molecule has 0 aliphatic carbocycles. The Hall–Kier alpha value is -1.30. The van der Waals surface area contributed by atoms with Crippen molar-refractivity contribution in [2.45, 2.75) is 59.2 Å². The average molecular weight is 288 g/mol. The first-order chi connectivity index (χ1) is 9.06. The molecule has 1 amide bonds. The monoisotopic (exact) mass is 288 g/mol. The van der Waals surface area contributed by atoms with Gasteiger partial charge in [-0.25, -0.2) is 4.79 Å². The Labute approximate surface area is 121 Å². The van der Waals surface area contributed by atoms with Gasteiger partial charge < -0.3 is 14.8 Å². The van der Waals surface area contributed by atoms with Crippen LogP contribution in [-0.2, 0) is 14.3 Å². The van der Waals surface area contributed by atoms with Crippen LogP contribution in [0.25, 0.3) is 0 Å². The molecule has 0 saturated carbocycles. The standard InChI is InChI=1S/C14H28N2O4/c1-9(2)11(12(17)19-7)16-10(3)8-15-13(18)20-14(4,5)6/h9-11,16H,8H2,1-7H3,(H,15,18). The van der Waals surface area contributed by atoms with E-state index in [1.165, 1.54) is 7.11 Å². The van der Waals surface area contributed by atoms with Crippen molar-refractivity contribution >= 4 is 12.1 Å². The second kappa shape index (κ2) is 8.09. The van der Waals surface area contributed by atoms with Crippen molar-refractivity contribution in [1.82, 2.24) is 10.6 Å². The SMILES string of the molecule is COC(=O)C(NC(C)CNC(=O)OC(C)(C)C)C(C)C. The number of ether oxygens (including phenoxy) is 2. The Bertz CT molecular complexity index is 324. The summed E-state index contributed by atoms with van der Waals surface area (Å²) in [5.41, 5.74) is -0.521. The maximum Gasteiger partial charge on any atom is 0.407 e. The third-order valence-corrected chi connectivity index (χ3v) is 2.54. The third kappa shape index (κ3) is 7.99. The van der Waals surface area contributed by atoms with E-state index in [0.29, 0.717) is 6.54 Å². The third-order valence-electron chi connectivity index (χ3n) is 2.54. The first-order valence-electron chi connectivity index (χ1n) is 6.87. The number of nitrogens with one attached hydrogen (secondary N) is 2. The van der Waals surface area contributed by atoms with Gasteiger partial charge in [0.2, 0.25) is 0 Å². The zero-order chi connectivity index (χ0) is 15.9. The van der Waals surface area contributed by atoms with Gasteiger partial charge in [0, 0.05) is 12.6 Å². The second-order valence-electron chi connectivity index (χ2n) is 6.20. The number of amides is 1. The summed E-state index contributed by atoms with van der Waals surface area (Å²) in [6.45, 7) is 11.5. The number of rotatable bonds is 6. The maximum atomic E-state index is 11.6. The van der Waals surface area contributed by atoms with Crippen LogP contribution in [0.3, 0.4) is 0 Å². The topological polar surface area (TPSA) is 76.7 Å². The van der Waals surface area contributed by atoms with Gasteiger partial charge in [0.25, 0.3) is 0 Å². The van der Waals surface area contributed by atoms with Gasteiger partial charge in [0.1, 0.15) is 11.6 Å². The number of hydrogen-bond acceptors (Lipinski definition) is 5. The minimum atomic E-state index is -0.521. The molecule has 0 aliphatic heterocycles. The Kier molecular flexibility index (Phi) is 7.57. The zero-order valence-electron chi connectivity index (χ0n) is 13.6. The molecule has 0 radical (unpaired) electrons. The Balaban J connectivity index is 4.24. The molecule has 0 aliphatic rings. The molecule has 0 bridgehead atoms. The first kappa shape index (κ1) is 18.7. The highest BCUT2D eigenvalue weighted by Crippen LogP contribution is 2.07. The van der Waals surface area contributed by atoms with E-state index < -0.39 is 17.7 Å². The van der Waals surface area contributed by atoms with Crippen LogP contribution < -0.4 is 10.6 Å². The van der Waals surface area contributed by atoms with Crippen LogP contribution in [0.5, 0.6) is 0 Å². The highest BCUT2D eigenvalue weighted by Gasteiger charge is 2.24. The summed E-state index contributed by atoms with van der Waals surface area (Å²) in [6, 6.07) is -0.468. The highest BCUT2D eigenvalue weighted by molar-refractivity contribution is 5.76. The van der Waals surface area contributed by atoms with Gasteiger partial charge in [-0.2, -0.15) is 0 Å². The predicted molar refractivity (Wildman–Crippen MR) is 77.5 cm³/mol. The molecule has 0 aromatic carbocycles. The van der Waals surface area contributed by atoms with Crippen LogP contribution in [0, 0.1) is 5.92 Å². The summed E-state index contributed by atoms with van der Waals surface area (Å²) in [7, 11) is 1.36. The van der Waals surface area contributed by atoms with Crippen LogP contribution in [0.2, 0.25) is 0 Å². The molecule has 0 rings (SSSR count). The molecule has 118 valence electrons. The summed E-state index contributed by atoms with van der Waals surface area (Å²) in [5.74, 6) is -0.199. The van der Waals surface area contributed by atoms with E-state index in [2.05, 4.69) is 10.6 Å². The number of carbonyl (C=O) groups is 2. The lowest BCUT2D eigenvalue weighted by Crippen LogP contribution is -2.50. The summed E-state index contributed by atoms with van der Waals surface area (Å²) < 4.78 is 9.89. The molecule has 0 aromatic rings. The minimum absolute atomic E-state index is 0.0750. The number of hydrogen-bond donors (Lipinski definition) is 2. The van der Waals surface area contributed by atoms with Crippen LogP contribution in [0.1, 0.15) is 41.5 Å². The first-order valence-corrected chi connectivity index (χ1v) is 6.87. The van der Waals surface area contributed by atoms with Gasteiger partial charge in [-0.05, 0) is 33.6 Å². The molecule has 6 heteroatoms. The predicted octanol–water partition coefficient (Wildman–Crippen LogP) is 1.69. The molecule has 0 spiro atoms. The summed E-state index contributed by atoms with van der Waals surface area (Å²) in [6.07, 6.45) is -0.467. The smallest absolute Gasteiger partial charge is 0.407 e. The van der Waals surface area contributed by atoms with Crippen molar-refractivity contribution in [3.05, 3.63) is 0 Å². The van der Waals surface area contributed by atoms with E-state index in [1.807, 2.05) is 20.8 Å². The highest BCUT2D eigenvalue weighted by atomic mass is 16.6. The summed E-state index contributed by atoms with van der Waals surface area (Å²) in [4.78, 5) is 23.1. The van der Waals surface area contributed by atoms with Gasteiger partial charge >= 0.3 is 12.1 Å². The number of methoxy groups -OCH3 is 1. The molecule has 0 heterocycles. The number of alkyl carbamates (subject to hydrolysis) is 1. The maximum absolute atomic E-state index is 11.6. The van der Waals surface area contributed by atoms with E-state index in [4.69, 9.17) is 9.47 Å². The van der Waals surface area contributed by atoms with Crippen LogP contribution in [-0.4, -0.2) is 43.4 Å². The van der Waals surface area contributed by atoms with Crippen molar-refractivity contribution < 1.29 is 19.1 Å². The molecule has 0 fully saturated rings. The molecule has 0 aromatic heterocycles. The minimum Gasteiger partial charge on any atom is -0.468 e. The molecule has 2 N–H and O–H groups in total. The lowest BCUT2D eigenvalue weighted by Gasteiger charge is -2.25. The van der Waals surface area contributed by atoms with E-state index in [-0.39, 0.29) is 17.9 Å². The number of carbonyl (C=O) groups excluding carboxylic acids is 2. The van der Waals surface area contributed by atoms with Crippen LogP contribution >= 0.6 is 0 Å². The Morgan fingerprint density at radius 2 is 1.70 bits per heavy atom. The summed E-state index contributed by atoms with van der Waals surface area (Å²) >= 11 is 0. The van der Waals surface area contributed by atoms with Gasteiger partial charge in [-0.1, -0.05) is 13.8 Å². The van der Waals surface area contributed by atoms with Gasteiger partial charge in [-0.15, -0.1) is 0 Å². The van der Waals surface area contributed by atoms with Crippen molar-refractivity contribution in [1.29, 1.82) is 0 Å². The Morgan fingerprint density at radius 1 is 1.15 bits per heavy atom. The lowest BCUT2D eigenvalue weighted by atomic mass is 10.0. The fourth-order valence-corrected chi connectivity index (χ4v) is 1.58. The molecule has 2 atom stereocenters. The average Bonchev–Trinajstić information content (AvgIpc) is 2.30. The molecule has 0 saturated heterocycles. The largest absolute Gasteiger partial charge is 0.468 e. The normalized spacial score (nSPS) is 14.6. The number of esters is 1. The molecule has 2 unspecified atom stereocenters. The van der Waals surface area contributed by atoms with E-state index in [1.54, 1.807) is 20.8 Å². The van der Waals surface area contributed by atoms with Crippen molar-refractivity contribution in [2.75, 3.05) is 13.7 Å².